The zero-order valence-corrected chi connectivity index (χ0v) is 21.0. The standard InChI is InChI=1S/C30H23F3N2O4/c1-18-9-10-23(19(2)11-18)16-35-27(14-26(30(31,32)33)25(15-34)29(35)38)22-7-3-5-20(12-22)21-6-4-8-24(13-21)39-17-28(36)37/h3-14H,16-17H2,1-2H3,(H,36,37)/p-1. The Morgan fingerprint density at radius 3 is 2.28 bits per heavy atom. The van der Waals surface area contributed by atoms with Gasteiger partial charge in [0.15, 0.2) is 0 Å². The van der Waals surface area contributed by atoms with Gasteiger partial charge in [-0.3, -0.25) is 4.79 Å². The number of nitrogens with zero attached hydrogens (tertiary/aromatic N) is 2. The van der Waals surface area contributed by atoms with Crippen LogP contribution in [0.2, 0.25) is 0 Å². The Balaban J connectivity index is 1.90. The summed E-state index contributed by atoms with van der Waals surface area (Å²) in [5.41, 5.74) is 0.793. The molecule has 0 saturated heterocycles. The van der Waals surface area contributed by atoms with E-state index in [-0.39, 0.29) is 18.0 Å². The molecule has 0 aliphatic rings. The molecule has 4 rings (SSSR count). The maximum atomic E-state index is 13.9. The molecule has 0 aliphatic carbocycles. The normalized spacial score (nSPS) is 11.2. The molecule has 0 aliphatic heterocycles. The molecule has 198 valence electrons. The number of aromatic nitrogens is 1. The number of benzene rings is 3. The molecule has 0 fully saturated rings. The van der Waals surface area contributed by atoms with Crippen LogP contribution in [0.4, 0.5) is 13.2 Å². The maximum Gasteiger partial charge on any atom is 0.417 e. The molecule has 0 amide bonds. The third-order valence-corrected chi connectivity index (χ3v) is 6.23. The molecule has 0 bridgehead atoms. The number of carbonyl (C=O) groups is 1. The van der Waals surface area contributed by atoms with Crippen LogP contribution in [0.5, 0.6) is 5.75 Å². The molecule has 6 nitrogen and oxygen atoms in total. The van der Waals surface area contributed by atoms with E-state index in [0.717, 1.165) is 22.8 Å². The second kappa shape index (κ2) is 10.9. The quantitative estimate of drug-likeness (QED) is 0.339. The van der Waals surface area contributed by atoms with Crippen LogP contribution in [0.15, 0.2) is 77.6 Å². The Kier molecular flexibility index (Phi) is 7.58. The smallest absolute Gasteiger partial charge is 0.417 e. The number of halogens is 3. The fraction of sp³-hybridized carbons (Fsp3) is 0.167. The number of carbonyl (C=O) groups excluding carboxylic acids is 1. The third-order valence-electron chi connectivity index (χ3n) is 6.23. The minimum Gasteiger partial charge on any atom is -0.546 e. The SMILES string of the molecule is Cc1ccc(Cn2c(-c3cccc(-c4cccc(OCC(=O)[O-])c4)c3)cc(C(F)(F)F)c(C#N)c2=O)c(C)c1. The molecule has 0 radical (unpaired) electrons. The van der Waals surface area contributed by atoms with Crippen molar-refractivity contribution < 1.29 is 27.8 Å². The number of nitriles is 1. The van der Waals surface area contributed by atoms with Gasteiger partial charge in [0.1, 0.15) is 24.0 Å². The molecule has 0 unspecified atom stereocenters. The summed E-state index contributed by atoms with van der Waals surface area (Å²) >= 11 is 0. The van der Waals surface area contributed by atoms with Gasteiger partial charge in [0.25, 0.3) is 5.56 Å². The van der Waals surface area contributed by atoms with Gasteiger partial charge in [-0.05, 0) is 65.9 Å². The van der Waals surface area contributed by atoms with Crippen molar-refractivity contribution in [1.29, 1.82) is 5.26 Å². The van der Waals surface area contributed by atoms with Crippen LogP contribution < -0.4 is 15.4 Å². The lowest BCUT2D eigenvalue weighted by Gasteiger charge is -2.19. The van der Waals surface area contributed by atoms with Crippen molar-refractivity contribution in [3.8, 4) is 34.2 Å². The predicted molar refractivity (Wildman–Crippen MR) is 137 cm³/mol. The second-order valence-corrected chi connectivity index (χ2v) is 9.02. The summed E-state index contributed by atoms with van der Waals surface area (Å²) in [5, 5.41) is 20.2. The molecule has 39 heavy (non-hydrogen) atoms. The van der Waals surface area contributed by atoms with Gasteiger partial charge in [0, 0.05) is 0 Å². The summed E-state index contributed by atoms with van der Waals surface area (Å²) in [6.07, 6.45) is -4.92. The zero-order chi connectivity index (χ0) is 28.3. The van der Waals surface area contributed by atoms with Crippen molar-refractivity contribution in [3.05, 3.63) is 111 Å². The van der Waals surface area contributed by atoms with Crippen LogP contribution in [-0.2, 0) is 17.5 Å². The van der Waals surface area contributed by atoms with Crippen molar-refractivity contribution in [2.75, 3.05) is 6.61 Å². The number of hydrogen-bond donors (Lipinski definition) is 0. The van der Waals surface area contributed by atoms with Crippen molar-refractivity contribution in [2.24, 2.45) is 0 Å². The number of hydrogen-bond acceptors (Lipinski definition) is 5. The molecule has 0 atom stereocenters. The fourth-order valence-corrected chi connectivity index (χ4v) is 4.33. The van der Waals surface area contributed by atoms with Crippen LogP contribution in [0.25, 0.3) is 22.4 Å². The Morgan fingerprint density at radius 2 is 1.64 bits per heavy atom. The number of ether oxygens (including phenoxy) is 1. The predicted octanol–water partition coefficient (Wildman–Crippen LogP) is 4.87. The Bertz CT molecular complexity index is 1670. The first-order valence-electron chi connectivity index (χ1n) is 11.8. The second-order valence-electron chi connectivity index (χ2n) is 9.02. The van der Waals surface area contributed by atoms with Crippen LogP contribution in [-0.4, -0.2) is 17.1 Å². The fourth-order valence-electron chi connectivity index (χ4n) is 4.33. The topological polar surface area (TPSA) is 95.2 Å². The van der Waals surface area contributed by atoms with Gasteiger partial charge < -0.3 is 19.2 Å². The van der Waals surface area contributed by atoms with Gasteiger partial charge in [-0.15, -0.1) is 0 Å². The van der Waals surface area contributed by atoms with Gasteiger partial charge in [-0.25, -0.2) is 0 Å². The van der Waals surface area contributed by atoms with Gasteiger partial charge in [0.2, 0.25) is 0 Å². The van der Waals surface area contributed by atoms with Gasteiger partial charge in [0.05, 0.1) is 23.8 Å². The third kappa shape index (κ3) is 6.02. The molecule has 1 aromatic heterocycles. The number of aliphatic carboxylic acids is 1. The largest absolute Gasteiger partial charge is 0.546 e. The summed E-state index contributed by atoms with van der Waals surface area (Å²) in [6.45, 7) is 3.08. The van der Waals surface area contributed by atoms with E-state index in [0.29, 0.717) is 16.7 Å². The van der Waals surface area contributed by atoms with E-state index < -0.39 is 35.4 Å². The molecule has 0 saturated carbocycles. The minimum absolute atomic E-state index is 0.00231. The van der Waals surface area contributed by atoms with Gasteiger partial charge in [-0.2, -0.15) is 18.4 Å². The van der Waals surface area contributed by atoms with E-state index in [9.17, 15) is 33.1 Å². The molecule has 4 aromatic rings. The Labute approximate surface area is 222 Å². The summed E-state index contributed by atoms with van der Waals surface area (Å²) in [7, 11) is 0. The molecular formula is C30H22F3N2O4-. The summed E-state index contributed by atoms with van der Waals surface area (Å²) in [5.74, 6) is -1.11. The highest BCUT2D eigenvalue weighted by Crippen LogP contribution is 2.35. The number of carboxylic acids is 1. The lowest BCUT2D eigenvalue weighted by Crippen LogP contribution is -2.29. The van der Waals surface area contributed by atoms with E-state index in [2.05, 4.69) is 0 Å². The summed E-state index contributed by atoms with van der Waals surface area (Å²) < 4.78 is 48.2. The first kappa shape index (κ1) is 27.2. The highest BCUT2D eigenvalue weighted by atomic mass is 19.4. The molecule has 3 aromatic carbocycles. The van der Waals surface area contributed by atoms with Crippen LogP contribution in [0.3, 0.4) is 0 Å². The van der Waals surface area contributed by atoms with Crippen LogP contribution in [0, 0.1) is 25.2 Å². The average Bonchev–Trinajstić information content (AvgIpc) is 2.89. The van der Waals surface area contributed by atoms with E-state index in [1.807, 2.05) is 26.0 Å². The minimum atomic E-state index is -4.92. The number of pyridine rings is 1. The monoisotopic (exact) mass is 531 g/mol. The molecule has 0 N–H and O–H groups in total. The van der Waals surface area contributed by atoms with E-state index in [4.69, 9.17) is 4.74 Å². The first-order chi connectivity index (χ1) is 18.5. The number of rotatable bonds is 7. The highest BCUT2D eigenvalue weighted by molar-refractivity contribution is 5.73. The molecule has 0 spiro atoms. The van der Waals surface area contributed by atoms with Crippen LogP contribution in [0.1, 0.15) is 27.8 Å². The summed E-state index contributed by atoms with van der Waals surface area (Å²) in [4.78, 5) is 24.1. The van der Waals surface area contributed by atoms with Crippen molar-refractivity contribution >= 4 is 5.97 Å². The zero-order valence-electron chi connectivity index (χ0n) is 21.0. The molecule has 9 heteroatoms. The molecule has 1 heterocycles. The van der Waals surface area contributed by atoms with E-state index in [1.54, 1.807) is 54.6 Å². The lowest BCUT2D eigenvalue weighted by molar-refractivity contribution is -0.307. The summed E-state index contributed by atoms with van der Waals surface area (Å²) in [6, 6.07) is 20.9. The number of carboxylic acid groups (broad SMARTS) is 1. The van der Waals surface area contributed by atoms with Gasteiger partial charge in [-0.1, -0.05) is 54.1 Å². The average molecular weight is 532 g/mol. The van der Waals surface area contributed by atoms with Crippen molar-refractivity contribution in [2.45, 2.75) is 26.6 Å². The Morgan fingerprint density at radius 1 is 0.974 bits per heavy atom. The lowest BCUT2D eigenvalue weighted by atomic mass is 9.98. The maximum absolute atomic E-state index is 13.9. The Hall–Kier alpha value is -4.84. The molecular weight excluding hydrogens is 509 g/mol. The van der Waals surface area contributed by atoms with Crippen molar-refractivity contribution in [1.82, 2.24) is 4.57 Å². The highest BCUT2D eigenvalue weighted by Gasteiger charge is 2.36. The van der Waals surface area contributed by atoms with E-state index >= 15 is 0 Å². The van der Waals surface area contributed by atoms with Crippen molar-refractivity contribution in [3.63, 3.8) is 0 Å². The number of aryl methyl sites for hydroxylation is 2. The first-order valence-corrected chi connectivity index (χ1v) is 11.8. The van der Waals surface area contributed by atoms with Crippen LogP contribution >= 0.6 is 0 Å². The van der Waals surface area contributed by atoms with Gasteiger partial charge >= 0.3 is 6.18 Å². The number of alkyl halides is 3. The van der Waals surface area contributed by atoms with E-state index in [1.165, 1.54) is 10.6 Å².